The second kappa shape index (κ2) is 6.48. The monoisotopic (exact) mass is 355 g/mol. The van der Waals surface area contributed by atoms with Gasteiger partial charge in [-0.3, -0.25) is 14.5 Å². The first-order chi connectivity index (χ1) is 12.6. The van der Waals surface area contributed by atoms with Crippen molar-refractivity contribution in [1.82, 2.24) is 10.2 Å². The molecule has 0 radical (unpaired) electrons. The van der Waals surface area contributed by atoms with Crippen LogP contribution in [0.1, 0.15) is 12.8 Å². The molecule has 1 saturated carbocycles. The Hall–Kier alpha value is -2.83. The van der Waals surface area contributed by atoms with Gasteiger partial charge in [-0.05, 0) is 48.9 Å². The highest BCUT2D eigenvalue weighted by Gasteiger charge is 2.56. The Morgan fingerprint density at radius 3 is 2.15 bits per heavy atom. The van der Waals surface area contributed by atoms with E-state index in [4.69, 9.17) is 4.74 Å². The van der Waals surface area contributed by atoms with Crippen LogP contribution in [0.15, 0.2) is 36.4 Å². The molecule has 136 valence electrons. The van der Waals surface area contributed by atoms with E-state index in [-0.39, 0.29) is 42.2 Å². The number of imide groups is 1. The quantitative estimate of drug-likeness (QED) is 0.638. The van der Waals surface area contributed by atoms with Crippen molar-refractivity contribution in [2.45, 2.75) is 12.8 Å². The third-order valence-electron chi connectivity index (χ3n) is 5.60. The Kier molecular flexibility index (Phi) is 4.14. The zero-order valence-corrected chi connectivity index (χ0v) is 14.5. The normalized spacial score (nSPS) is 28.9. The van der Waals surface area contributed by atoms with Gasteiger partial charge in [-0.1, -0.05) is 12.2 Å². The summed E-state index contributed by atoms with van der Waals surface area (Å²) < 4.78 is 5.07. The van der Waals surface area contributed by atoms with Crippen molar-refractivity contribution in [3.8, 4) is 5.75 Å². The van der Waals surface area contributed by atoms with Crippen LogP contribution in [0, 0.1) is 23.7 Å². The maximum Gasteiger partial charge on any atom is 0.320 e. The molecule has 3 aliphatic carbocycles. The molecular formula is C19H21N3O4. The molecule has 26 heavy (non-hydrogen) atoms. The number of amides is 4. The molecule has 4 amide bonds. The van der Waals surface area contributed by atoms with Crippen molar-refractivity contribution < 1.29 is 19.1 Å². The minimum atomic E-state index is -0.466. The number of hydrogen-bond acceptors (Lipinski definition) is 4. The lowest BCUT2D eigenvalue weighted by molar-refractivity contribution is -0.140. The molecule has 0 spiro atoms. The molecule has 7 heteroatoms. The van der Waals surface area contributed by atoms with Gasteiger partial charge in [0.2, 0.25) is 11.8 Å². The number of likely N-dealkylation sites (tertiary alicyclic amines) is 1. The van der Waals surface area contributed by atoms with Crippen LogP contribution in [0.5, 0.6) is 5.75 Å². The Labute approximate surface area is 151 Å². The average Bonchev–Trinajstić information content (AvgIpc) is 2.94. The van der Waals surface area contributed by atoms with Crippen LogP contribution >= 0.6 is 0 Å². The van der Waals surface area contributed by atoms with Crippen molar-refractivity contribution in [3.05, 3.63) is 36.4 Å². The molecule has 0 unspecified atom stereocenters. The van der Waals surface area contributed by atoms with E-state index < -0.39 is 6.03 Å². The fourth-order valence-electron chi connectivity index (χ4n) is 4.29. The second-order valence-corrected chi connectivity index (χ2v) is 6.96. The number of fused-ring (bicyclic) bond motifs is 1. The van der Waals surface area contributed by atoms with Gasteiger partial charge in [0, 0.05) is 5.69 Å². The topological polar surface area (TPSA) is 87.7 Å². The molecule has 2 bridgehead atoms. The van der Waals surface area contributed by atoms with E-state index in [0.717, 1.165) is 12.8 Å². The van der Waals surface area contributed by atoms with Gasteiger partial charge in [-0.2, -0.15) is 0 Å². The smallest absolute Gasteiger partial charge is 0.320 e. The number of hydrogen-bond donors (Lipinski definition) is 2. The number of methoxy groups -OCH3 is 1. The minimum absolute atomic E-state index is 0.105. The summed E-state index contributed by atoms with van der Waals surface area (Å²) in [5.41, 5.74) is 0.596. The number of anilines is 1. The zero-order chi connectivity index (χ0) is 18.3. The summed E-state index contributed by atoms with van der Waals surface area (Å²) in [4.78, 5) is 38.6. The fourth-order valence-corrected chi connectivity index (χ4v) is 4.29. The summed E-state index contributed by atoms with van der Waals surface area (Å²) in [6.45, 7) is -0.105. The van der Waals surface area contributed by atoms with E-state index in [2.05, 4.69) is 22.8 Å². The van der Waals surface area contributed by atoms with Crippen molar-refractivity contribution in [2.75, 3.05) is 19.1 Å². The molecule has 2 fully saturated rings. The Balaban J connectivity index is 1.36. The van der Waals surface area contributed by atoms with Gasteiger partial charge in [0.25, 0.3) is 0 Å². The van der Waals surface area contributed by atoms with Gasteiger partial charge in [0.1, 0.15) is 12.4 Å². The van der Waals surface area contributed by atoms with E-state index in [1.807, 2.05) is 0 Å². The van der Waals surface area contributed by atoms with E-state index in [1.165, 1.54) is 4.90 Å². The van der Waals surface area contributed by atoms with Crippen molar-refractivity contribution in [3.63, 3.8) is 0 Å². The van der Waals surface area contributed by atoms with Gasteiger partial charge >= 0.3 is 6.03 Å². The predicted octanol–water partition coefficient (Wildman–Crippen LogP) is 1.97. The molecule has 2 N–H and O–H groups in total. The molecule has 0 aromatic heterocycles. The molecule has 7 nitrogen and oxygen atoms in total. The maximum atomic E-state index is 12.7. The van der Waals surface area contributed by atoms with E-state index in [0.29, 0.717) is 11.4 Å². The number of carbonyl (C=O) groups excluding carboxylic acids is 3. The van der Waals surface area contributed by atoms with Crippen LogP contribution < -0.4 is 15.4 Å². The van der Waals surface area contributed by atoms with Gasteiger partial charge in [0.15, 0.2) is 0 Å². The first-order valence-corrected chi connectivity index (χ1v) is 8.81. The Morgan fingerprint density at radius 1 is 1.08 bits per heavy atom. The summed E-state index contributed by atoms with van der Waals surface area (Å²) in [5, 5.41) is 5.28. The summed E-state index contributed by atoms with van der Waals surface area (Å²) in [6.07, 6.45) is 6.07. The predicted molar refractivity (Wildman–Crippen MR) is 94.2 cm³/mol. The van der Waals surface area contributed by atoms with Gasteiger partial charge < -0.3 is 15.4 Å². The number of allylic oxidation sites excluding steroid dienone is 2. The number of urea groups is 1. The largest absolute Gasteiger partial charge is 0.497 e. The molecule has 4 atom stereocenters. The van der Waals surface area contributed by atoms with Crippen LogP contribution in [-0.4, -0.2) is 36.5 Å². The lowest BCUT2D eigenvalue weighted by Gasteiger charge is -2.38. The number of rotatable bonds is 4. The average molecular weight is 355 g/mol. The second-order valence-electron chi connectivity index (χ2n) is 6.96. The Bertz CT molecular complexity index is 741. The molecule has 1 aromatic rings. The van der Waals surface area contributed by atoms with Crippen LogP contribution in [0.2, 0.25) is 0 Å². The standard InChI is InChI=1S/C19H21N3O4/c1-26-14-8-6-13(7-9-14)21-19(25)20-10-22-17(23)15-11-2-3-12(5-4-11)16(15)18(22)24/h2-3,6-9,11-12,15-16H,4-5,10H2,1H3,(H2,20,21,25)/t11-,12-,15-,16-/m0/s1. The van der Waals surface area contributed by atoms with Gasteiger partial charge in [0.05, 0.1) is 18.9 Å². The van der Waals surface area contributed by atoms with Crippen LogP contribution in [0.25, 0.3) is 0 Å². The van der Waals surface area contributed by atoms with E-state index in [1.54, 1.807) is 31.4 Å². The highest BCUT2D eigenvalue weighted by molar-refractivity contribution is 6.06. The van der Waals surface area contributed by atoms with Gasteiger partial charge in [-0.15, -0.1) is 0 Å². The molecule has 1 saturated heterocycles. The number of nitrogens with zero attached hydrogens (tertiary/aromatic N) is 1. The summed E-state index contributed by atoms with van der Waals surface area (Å²) in [6, 6.07) is 6.42. The zero-order valence-electron chi connectivity index (χ0n) is 14.5. The van der Waals surface area contributed by atoms with Crippen LogP contribution in [0.4, 0.5) is 10.5 Å². The number of benzene rings is 1. The third-order valence-corrected chi connectivity index (χ3v) is 5.60. The van der Waals surface area contributed by atoms with Crippen molar-refractivity contribution in [1.29, 1.82) is 0 Å². The first-order valence-electron chi connectivity index (χ1n) is 8.81. The fraction of sp³-hybridized carbons (Fsp3) is 0.421. The lowest BCUT2D eigenvalue weighted by atomic mass is 9.63. The van der Waals surface area contributed by atoms with Gasteiger partial charge in [-0.25, -0.2) is 4.79 Å². The molecular weight excluding hydrogens is 334 g/mol. The van der Waals surface area contributed by atoms with Crippen LogP contribution in [-0.2, 0) is 9.59 Å². The SMILES string of the molecule is COc1ccc(NC(=O)NCN2C(=O)[C@@H]3[C@@H](C2=O)[C@H]2C=C[C@H]3CC2)cc1. The summed E-state index contributed by atoms with van der Waals surface area (Å²) in [7, 11) is 1.57. The first kappa shape index (κ1) is 16.6. The third kappa shape index (κ3) is 2.73. The minimum Gasteiger partial charge on any atom is -0.497 e. The number of carbonyl (C=O) groups is 3. The lowest BCUT2D eigenvalue weighted by Crippen LogP contribution is -2.43. The molecule has 5 rings (SSSR count). The highest BCUT2D eigenvalue weighted by atomic mass is 16.5. The number of ether oxygens (including phenoxy) is 1. The van der Waals surface area contributed by atoms with Crippen molar-refractivity contribution in [2.24, 2.45) is 23.7 Å². The molecule has 4 aliphatic rings. The van der Waals surface area contributed by atoms with E-state index >= 15 is 0 Å². The van der Waals surface area contributed by atoms with Crippen LogP contribution in [0.3, 0.4) is 0 Å². The summed E-state index contributed by atoms with van der Waals surface area (Å²) in [5.74, 6) is 0.164. The molecule has 1 heterocycles. The maximum absolute atomic E-state index is 12.7. The molecule has 1 aromatic carbocycles. The van der Waals surface area contributed by atoms with E-state index in [9.17, 15) is 14.4 Å². The molecule has 1 aliphatic heterocycles. The number of nitrogens with one attached hydrogen (secondary N) is 2. The van der Waals surface area contributed by atoms with Crippen molar-refractivity contribution >= 4 is 23.5 Å². The Morgan fingerprint density at radius 2 is 1.65 bits per heavy atom. The highest BCUT2D eigenvalue weighted by Crippen LogP contribution is 2.49. The summed E-state index contributed by atoms with van der Waals surface area (Å²) >= 11 is 0.